The van der Waals surface area contributed by atoms with Crippen molar-refractivity contribution in [1.82, 2.24) is 20.0 Å². The molecule has 142 valence electrons. The van der Waals surface area contributed by atoms with E-state index < -0.39 is 0 Å². The zero-order chi connectivity index (χ0) is 18.1. The quantitative estimate of drug-likeness (QED) is 0.720. The summed E-state index contributed by atoms with van der Waals surface area (Å²) in [6.07, 6.45) is 1.61. The molecule has 1 fully saturated rings. The molecule has 1 aliphatic heterocycles. The number of carbonyl (C=O) groups is 1. The van der Waals surface area contributed by atoms with Crippen LogP contribution in [0.1, 0.15) is 17.4 Å². The Bertz CT molecular complexity index is 906. The molecule has 2 aromatic heterocycles. The lowest BCUT2D eigenvalue weighted by Crippen LogP contribution is -2.51. The number of nitrogens with zero attached hydrogens (tertiary/aromatic N) is 3. The zero-order valence-corrected chi connectivity index (χ0v) is 16.3. The van der Waals surface area contributed by atoms with Crippen molar-refractivity contribution in [3.63, 3.8) is 0 Å². The molecular weight excluding hydrogens is 387 g/mol. The van der Waals surface area contributed by atoms with Crippen LogP contribution in [0, 0.1) is 0 Å². The fourth-order valence-electron chi connectivity index (χ4n) is 3.14. The molecule has 0 aliphatic carbocycles. The van der Waals surface area contributed by atoms with E-state index in [1.54, 1.807) is 29.1 Å². The molecule has 0 spiro atoms. The predicted molar refractivity (Wildman–Crippen MR) is 107 cm³/mol. The van der Waals surface area contributed by atoms with Crippen molar-refractivity contribution >= 4 is 29.9 Å². The lowest BCUT2D eigenvalue weighted by Gasteiger charge is -2.31. The molecule has 3 heterocycles. The van der Waals surface area contributed by atoms with Crippen molar-refractivity contribution < 1.29 is 9.21 Å². The summed E-state index contributed by atoms with van der Waals surface area (Å²) in [5.74, 6) is 0.582. The van der Waals surface area contributed by atoms with Gasteiger partial charge in [-0.1, -0.05) is 11.6 Å². The minimum absolute atomic E-state index is 0. The monoisotopic (exact) mass is 406 g/mol. The molecule has 1 amide bonds. The normalized spacial score (nSPS) is 16.8. The maximum absolute atomic E-state index is 12.9. The molecule has 0 saturated carbocycles. The fourth-order valence-corrected chi connectivity index (χ4v) is 3.27. The number of rotatable bonds is 3. The SMILES string of the molecule is CC1CN(C(=O)c2cc(-c3ccco3)n(-c3ccc(Cl)cc3)n2)CCN1.Cl. The van der Waals surface area contributed by atoms with Gasteiger partial charge in [-0.25, -0.2) is 4.68 Å². The van der Waals surface area contributed by atoms with Gasteiger partial charge in [-0.05, 0) is 43.3 Å². The second-order valence-electron chi connectivity index (χ2n) is 6.39. The molecule has 1 saturated heterocycles. The Kier molecular flexibility index (Phi) is 5.89. The van der Waals surface area contributed by atoms with E-state index in [2.05, 4.69) is 17.3 Å². The summed E-state index contributed by atoms with van der Waals surface area (Å²) < 4.78 is 7.26. The summed E-state index contributed by atoms with van der Waals surface area (Å²) >= 11 is 5.99. The maximum Gasteiger partial charge on any atom is 0.274 e. The highest BCUT2D eigenvalue weighted by Gasteiger charge is 2.25. The van der Waals surface area contributed by atoms with Gasteiger partial charge in [0.05, 0.1) is 12.0 Å². The van der Waals surface area contributed by atoms with E-state index in [-0.39, 0.29) is 24.4 Å². The van der Waals surface area contributed by atoms with Crippen LogP contribution in [0.4, 0.5) is 0 Å². The molecule has 1 aromatic carbocycles. The first-order chi connectivity index (χ1) is 12.6. The Balaban J connectivity index is 0.00000210. The molecular formula is C19H20Cl2N4O2. The van der Waals surface area contributed by atoms with Crippen molar-refractivity contribution in [2.24, 2.45) is 0 Å². The Morgan fingerprint density at radius 1 is 1.30 bits per heavy atom. The first kappa shape index (κ1) is 19.5. The Morgan fingerprint density at radius 2 is 2.07 bits per heavy atom. The highest BCUT2D eigenvalue weighted by molar-refractivity contribution is 6.30. The third-order valence-corrected chi connectivity index (χ3v) is 4.68. The summed E-state index contributed by atoms with van der Waals surface area (Å²) in [6.45, 7) is 4.20. The second kappa shape index (κ2) is 8.17. The van der Waals surface area contributed by atoms with Gasteiger partial charge in [0.2, 0.25) is 0 Å². The molecule has 4 rings (SSSR count). The number of carbonyl (C=O) groups excluding carboxylic acids is 1. The van der Waals surface area contributed by atoms with Crippen molar-refractivity contribution in [3.8, 4) is 17.1 Å². The first-order valence-corrected chi connectivity index (χ1v) is 8.92. The maximum atomic E-state index is 12.9. The third-order valence-electron chi connectivity index (χ3n) is 4.43. The summed E-state index contributed by atoms with van der Waals surface area (Å²) in [5, 5.41) is 8.55. The van der Waals surface area contributed by atoms with Crippen LogP contribution in [0.2, 0.25) is 5.02 Å². The Morgan fingerprint density at radius 3 is 2.74 bits per heavy atom. The van der Waals surface area contributed by atoms with Crippen LogP contribution in [-0.4, -0.2) is 46.3 Å². The zero-order valence-electron chi connectivity index (χ0n) is 14.8. The summed E-state index contributed by atoms with van der Waals surface area (Å²) in [4.78, 5) is 14.8. The Hall–Kier alpha value is -2.28. The van der Waals surface area contributed by atoms with Gasteiger partial charge >= 0.3 is 0 Å². The van der Waals surface area contributed by atoms with Gasteiger partial charge in [-0.3, -0.25) is 4.79 Å². The minimum atomic E-state index is -0.0705. The fraction of sp³-hybridized carbons (Fsp3) is 0.263. The molecule has 1 unspecified atom stereocenters. The van der Waals surface area contributed by atoms with Crippen molar-refractivity contribution in [3.05, 3.63) is 59.4 Å². The molecule has 1 atom stereocenters. The van der Waals surface area contributed by atoms with Crippen molar-refractivity contribution in [1.29, 1.82) is 0 Å². The average molecular weight is 407 g/mol. The lowest BCUT2D eigenvalue weighted by atomic mass is 10.2. The van der Waals surface area contributed by atoms with Crippen LogP contribution >= 0.6 is 24.0 Å². The number of nitrogens with one attached hydrogen (secondary N) is 1. The van der Waals surface area contributed by atoms with Gasteiger partial charge in [0.1, 0.15) is 5.69 Å². The largest absolute Gasteiger partial charge is 0.463 e. The number of amides is 1. The third kappa shape index (κ3) is 4.03. The second-order valence-corrected chi connectivity index (χ2v) is 6.82. The highest BCUT2D eigenvalue weighted by atomic mass is 35.5. The van der Waals surface area contributed by atoms with Crippen LogP contribution in [-0.2, 0) is 0 Å². The van der Waals surface area contributed by atoms with E-state index in [1.807, 2.05) is 29.2 Å². The number of piperazine rings is 1. The number of benzene rings is 1. The van der Waals surface area contributed by atoms with E-state index >= 15 is 0 Å². The van der Waals surface area contributed by atoms with Crippen LogP contribution in [0.15, 0.2) is 53.1 Å². The molecule has 8 heteroatoms. The predicted octanol–water partition coefficient (Wildman–Crippen LogP) is 3.64. The summed E-state index contributed by atoms with van der Waals surface area (Å²) in [6, 6.07) is 13.0. The molecule has 27 heavy (non-hydrogen) atoms. The molecule has 1 aliphatic rings. The van der Waals surface area contributed by atoms with E-state index in [0.29, 0.717) is 29.6 Å². The van der Waals surface area contributed by atoms with Gasteiger partial charge in [0, 0.05) is 36.8 Å². The van der Waals surface area contributed by atoms with Crippen LogP contribution in [0.5, 0.6) is 0 Å². The van der Waals surface area contributed by atoms with E-state index in [4.69, 9.17) is 16.0 Å². The molecule has 3 aromatic rings. The van der Waals surface area contributed by atoms with E-state index in [1.165, 1.54) is 0 Å². The minimum Gasteiger partial charge on any atom is -0.463 e. The van der Waals surface area contributed by atoms with Gasteiger partial charge in [-0.15, -0.1) is 12.4 Å². The Labute approximate surface area is 168 Å². The van der Waals surface area contributed by atoms with Crippen LogP contribution < -0.4 is 5.32 Å². The number of furan rings is 1. The number of aromatic nitrogens is 2. The average Bonchev–Trinajstić information content (AvgIpc) is 3.31. The van der Waals surface area contributed by atoms with Crippen LogP contribution in [0.25, 0.3) is 17.1 Å². The topological polar surface area (TPSA) is 63.3 Å². The van der Waals surface area contributed by atoms with E-state index in [9.17, 15) is 4.79 Å². The lowest BCUT2D eigenvalue weighted by molar-refractivity contribution is 0.0702. The molecule has 1 N–H and O–H groups in total. The van der Waals surface area contributed by atoms with E-state index in [0.717, 1.165) is 17.9 Å². The number of hydrogen-bond acceptors (Lipinski definition) is 4. The standard InChI is InChI=1S/C19H19ClN4O2.ClH/c1-13-12-23(9-8-21-13)19(25)16-11-17(18-3-2-10-26-18)24(22-16)15-6-4-14(20)5-7-15;/h2-7,10-11,13,21H,8-9,12H2,1H3;1H. The van der Waals surface area contributed by atoms with Crippen LogP contribution in [0.3, 0.4) is 0 Å². The van der Waals surface area contributed by atoms with Crippen molar-refractivity contribution in [2.75, 3.05) is 19.6 Å². The molecule has 0 radical (unpaired) electrons. The summed E-state index contributed by atoms with van der Waals surface area (Å²) in [5.41, 5.74) is 1.94. The number of hydrogen-bond donors (Lipinski definition) is 1. The van der Waals surface area contributed by atoms with Gasteiger partial charge in [0.15, 0.2) is 11.5 Å². The highest BCUT2D eigenvalue weighted by Crippen LogP contribution is 2.26. The first-order valence-electron chi connectivity index (χ1n) is 8.54. The van der Waals surface area contributed by atoms with Crippen molar-refractivity contribution in [2.45, 2.75) is 13.0 Å². The smallest absolute Gasteiger partial charge is 0.274 e. The molecule has 6 nitrogen and oxygen atoms in total. The molecule has 0 bridgehead atoms. The van der Waals surface area contributed by atoms with Gasteiger partial charge in [0.25, 0.3) is 5.91 Å². The van der Waals surface area contributed by atoms with Gasteiger partial charge in [-0.2, -0.15) is 5.10 Å². The summed E-state index contributed by atoms with van der Waals surface area (Å²) in [7, 11) is 0. The number of halogens is 2. The van der Waals surface area contributed by atoms with Gasteiger partial charge < -0.3 is 14.6 Å².